The van der Waals surface area contributed by atoms with E-state index in [1.54, 1.807) is 29.1 Å². The second kappa shape index (κ2) is 6.08. The van der Waals surface area contributed by atoms with Gasteiger partial charge in [0.05, 0.1) is 29.7 Å². The minimum absolute atomic E-state index is 0.217. The van der Waals surface area contributed by atoms with Gasteiger partial charge in [-0.1, -0.05) is 0 Å². The van der Waals surface area contributed by atoms with Crippen LogP contribution in [0.1, 0.15) is 21.7 Å². The Hall–Kier alpha value is -3.16. The van der Waals surface area contributed by atoms with Crippen LogP contribution in [0, 0.1) is 6.92 Å². The van der Waals surface area contributed by atoms with Gasteiger partial charge >= 0.3 is 0 Å². The predicted molar refractivity (Wildman–Crippen MR) is 77.1 cm³/mol. The van der Waals surface area contributed by atoms with Crippen LogP contribution in [0.15, 0.2) is 43.4 Å². The highest BCUT2D eigenvalue weighted by Crippen LogP contribution is 2.05. The summed E-state index contributed by atoms with van der Waals surface area (Å²) in [6.45, 7) is 2.18. The van der Waals surface area contributed by atoms with Crippen molar-refractivity contribution in [3.8, 4) is 5.82 Å². The van der Waals surface area contributed by atoms with Gasteiger partial charge in [0.2, 0.25) is 0 Å². The summed E-state index contributed by atoms with van der Waals surface area (Å²) in [5.74, 6) is 0.427. The van der Waals surface area contributed by atoms with E-state index >= 15 is 0 Å². The van der Waals surface area contributed by atoms with E-state index in [1.165, 1.54) is 18.9 Å². The van der Waals surface area contributed by atoms with Crippen molar-refractivity contribution >= 4 is 5.91 Å². The van der Waals surface area contributed by atoms with Crippen molar-refractivity contribution in [2.75, 3.05) is 0 Å². The number of amides is 1. The van der Waals surface area contributed by atoms with Crippen LogP contribution in [-0.2, 0) is 6.54 Å². The summed E-state index contributed by atoms with van der Waals surface area (Å²) in [5, 5.41) is 10.2. The molecule has 0 aliphatic rings. The third-order valence-corrected chi connectivity index (χ3v) is 2.96. The molecule has 3 aromatic rings. The van der Waals surface area contributed by atoms with Gasteiger partial charge in [-0.3, -0.25) is 19.3 Å². The van der Waals surface area contributed by atoms with Gasteiger partial charge in [-0.15, -0.1) is 10.2 Å². The summed E-state index contributed by atoms with van der Waals surface area (Å²) < 4.78 is 1.66. The number of carbonyl (C=O) groups excluding carboxylic acids is 1. The van der Waals surface area contributed by atoms with Crippen molar-refractivity contribution in [2.24, 2.45) is 0 Å². The molecule has 0 atom stereocenters. The molecule has 0 aliphatic heterocycles. The molecule has 1 N–H and O–H groups in total. The zero-order chi connectivity index (χ0) is 15.4. The van der Waals surface area contributed by atoms with Crippen molar-refractivity contribution in [1.82, 2.24) is 35.0 Å². The van der Waals surface area contributed by atoms with Gasteiger partial charge in [0, 0.05) is 12.4 Å². The number of pyridine rings is 1. The third-order valence-electron chi connectivity index (χ3n) is 2.96. The van der Waals surface area contributed by atoms with Gasteiger partial charge in [-0.25, -0.2) is 4.98 Å². The van der Waals surface area contributed by atoms with Gasteiger partial charge in [0.15, 0.2) is 0 Å². The van der Waals surface area contributed by atoms with Crippen molar-refractivity contribution < 1.29 is 4.79 Å². The Balaban J connectivity index is 1.63. The molecule has 0 saturated carbocycles. The highest BCUT2D eigenvalue weighted by Gasteiger charge is 2.07. The smallest absolute Gasteiger partial charge is 0.253 e. The molecule has 0 spiro atoms. The summed E-state index contributed by atoms with van der Waals surface area (Å²) in [4.78, 5) is 24.6. The van der Waals surface area contributed by atoms with Gasteiger partial charge in [0.25, 0.3) is 5.91 Å². The molecule has 0 aliphatic carbocycles. The van der Waals surface area contributed by atoms with Crippen molar-refractivity contribution in [3.05, 3.63) is 60.3 Å². The number of rotatable bonds is 4. The second-order valence-corrected chi connectivity index (χ2v) is 4.61. The monoisotopic (exact) mass is 295 g/mol. The number of carbonyl (C=O) groups is 1. The van der Waals surface area contributed by atoms with Crippen LogP contribution in [0.4, 0.5) is 0 Å². The Morgan fingerprint density at radius 3 is 2.55 bits per heavy atom. The largest absolute Gasteiger partial charge is 0.346 e. The van der Waals surface area contributed by atoms with Crippen LogP contribution in [0.25, 0.3) is 5.82 Å². The van der Waals surface area contributed by atoms with E-state index in [-0.39, 0.29) is 5.91 Å². The maximum Gasteiger partial charge on any atom is 0.253 e. The van der Waals surface area contributed by atoms with Crippen molar-refractivity contribution in [1.29, 1.82) is 0 Å². The molecule has 8 heteroatoms. The Kier molecular flexibility index (Phi) is 3.82. The number of nitrogens with one attached hydrogen (secondary N) is 1. The van der Waals surface area contributed by atoms with E-state index in [0.29, 0.717) is 23.6 Å². The molecule has 3 aromatic heterocycles. The summed E-state index contributed by atoms with van der Waals surface area (Å²) >= 11 is 0. The zero-order valence-electron chi connectivity index (χ0n) is 11.8. The number of hydrogen-bond acceptors (Lipinski definition) is 6. The average Bonchev–Trinajstić information content (AvgIpc) is 3.09. The lowest BCUT2D eigenvalue weighted by Gasteiger charge is -2.05. The molecule has 0 bridgehead atoms. The summed E-state index contributed by atoms with van der Waals surface area (Å²) in [6, 6.07) is 3.42. The SMILES string of the molecule is Cc1cnc(CNC(=O)c2ccc(-n3cnnc3)nc2)cn1. The first kappa shape index (κ1) is 13.8. The molecule has 0 saturated heterocycles. The van der Waals surface area contributed by atoms with E-state index < -0.39 is 0 Å². The highest BCUT2D eigenvalue weighted by molar-refractivity contribution is 5.93. The Labute approximate surface area is 126 Å². The zero-order valence-corrected chi connectivity index (χ0v) is 11.8. The maximum absolute atomic E-state index is 12.1. The topological polar surface area (TPSA) is 98.5 Å². The first-order chi connectivity index (χ1) is 10.7. The van der Waals surface area contributed by atoms with Gasteiger partial charge < -0.3 is 5.32 Å². The molecule has 0 radical (unpaired) electrons. The fourth-order valence-electron chi connectivity index (χ4n) is 1.78. The summed E-state index contributed by atoms with van der Waals surface area (Å²) in [7, 11) is 0. The molecular formula is C14H13N7O. The van der Waals surface area contributed by atoms with Gasteiger partial charge in [-0.05, 0) is 19.1 Å². The number of aromatic nitrogens is 6. The highest BCUT2D eigenvalue weighted by atomic mass is 16.1. The Morgan fingerprint density at radius 2 is 1.91 bits per heavy atom. The van der Waals surface area contributed by atoms with Crippen molar-refractivity contribution in [3.63, 3.8) is 0 Å². The quantitative estimate of drug-likeness (QED) is 0.760. The van der Waals surface area contributed by atoms with Crippen LogP contribution in [0.2, 0.25) is 0 Å². The first-order valence-corrected chi connectivity index (χ1v) is 6.59. The molecule has 8 nitrogen and oxygen atoms in total. The molecule has 1 amide bonds. The van der Waals surface area contributed by atoms with Crippen LogP contribution in [-0.4, -0.2) is 35.6 Å². The number of hydrogen-bond donors (Lipinski definition) is 1. The normalized spacial score (nSPS) is 10.4. The summed E-state index contributed by atoms with van der Waals surface area (Å²) in [5.41, 5.74) is 2.01. The maximum atomic E-state index is 12.1. The third kappa shape index (κ3) is 3.11. The van der Waals surface area contributed by atoms with Crippen LogP contribution in [0.3, 0.4) is 0 Å². The molecule has 0 unspecified atom stereocenters. The molecule has 0 fully saturated rings. The van der Waals surface area contributed by atoms with Gasteiger partial charge in [0.1, 0.15) is 18.5 Å². The van der Waals surface area contributed by atoms with E-state index in [4.69, 9.17) is 0 Å². The van der Waals surface area contributed by atoms with Crippen LogP contribution < -0.4 is 5.32 Å². The fourth-order valence-corrected chi connectivity index (χ4v) is 1.78. The van der Waals surface area contributed by atoms with E-state index in [1.807, 2.05) is 6.92 Å². The van der Waals surface area contributed by atoms with Crippen LogP contribution >= 0.6 is 0 Å². The summed E-state index contributed by atoms with van der Waals surface area (Å²) in [6.07, 6.45) is 7.89. The molecule has 110 valence electrons. The first-order valence-electron chi connectivity index (χ1n) is 6.59. The van der Waals surface area contributed by atoms with E-state index in [9.17, 15) is 4.79 Å². The molecular weight excluding hydrogens is 282 g/mol. The average molecular weight is 295 g/mol. The minimum Gasteiger partial charge on any atom is -0.346 e. The lowest BCUT2D eigenvalue weighted by molar-refractivity contribution is 0.0950. The van der Waals surface area contributed by atoms with Gasteiger partial charge in [-0.2, -0.15) is 0 Å². The molecule has 3 heterocycles. The molecule has 22 heavy (non-hydrogen) atoms. The van der Waals surface area contributed by atoms with E-state index in [0.717, 1.165) is 5.69 Å². The Bertz CT molecular complexity index is 751. The molecule has 0 aromatic carbocycles. The minimum atomic E-state index is -0.217. The predicted octanol–water partition coefficient (Wildman–Crippen LogP) is 0.691. The van der Waals surface area contributed by atoms with E-state index in [2.05, 4.69) is 30.5 Å². The number of nitrogens with zero attached hydrogens (tertiary/aromatic N) is 6. The van der Waals surface area contributed by atoms with Crippen molar-refractivity contribution in [2.45, 2.75) is 13.5 Å². The molecule has 3 rings (SSSR count). The fraction of sp³-hybridized carbons (Fsp3) is 0.143. The second-order valence-electron chi connectivity index (χ2n) is 4.61. The van der Waals surface area contributed by atoms with Crippen LogP contribution in [0.5, 0.6) is 0 Å². The lowest BCUT2D eigenvalue weighted by atomic mass is 10.2. The Morgan fingerprint density at radius 1 is 1.09 bits per heavy atom. The lowest BCUT2D eigenvalue weighted by Crippen LogP contribution is -2.23. The number of aryl methyl sites for hydroxylation is 1. The standard InChI is InChI=1S/C14H13N7O/c1-10-4-16-12(6-15-10)7-18-14(22)11-2-3-13(17-5-11)21-8-19-20-9-21/h2-6,8-9H,7H2,1H3,(H,18,22).